The lowest BCUT2D eigenvalue weighted by molar-refractivity contribution is 0.980. The van der Waals surface area contributed by atoms with Crippen LogP contribution in [0.5, 0.6) is 0 Å². The van der Waals surface area contributed by atoms with Crippen LogP contribution in [-0.2, 0) is 0 Å². The molecule has 1 aliphatic heterocycles. The quantitative estimate of drug-likeness (QED) is 0.196. The normalized spacial score (nSPS) is 13.9. The molecule has 3 aromatic heterocycles. The number of aromatic nitrogens is 3. The highest BCUT2D eigenvalue weighted by atomic mass is 15.2. The smallest absolute Gasteiger partial charge is 0.135 e. The summed E-state index contributed by atoms with van der Waals surface area (Å²) >= 11 is 0. The minimum absolute atomic E-state index is 0.887. The summed E-state index contributed by atoms with van der Waals surface area (Å²) in [6, 6.07) is 50.3. The Hall–Kier alpha value is -5.87. The van der Waals surface area contributed by atoms with Crippen molar-refractivity contribution in [2.45, 2.75) is 12.8 Å². The molecule has 0 bridgehead atoms. The van der Waals surface area contributed by atoms with Crippen LogP contribution in [-0.4, -0.2) is 19.5 Å². The molecule has 212 valence electrons. The van der Waals surface area contributed by atoms with Crippen molar-refractivity contribution in [1.29, 1.82) is 0 Å². The van der Waals surface area contributed by atoms with E-state index in [1.54, 1.807) is 0 Å². The van der Waals surface area contributed by atoms with Gasteiger partial charge in [-0.3, -0.25) is 9.13 Å². The predicted octanol–water partition coefficient (Wildman–Crippen LogP) is 10.5. The summed E-state index contributed by atoms with van der Waals surface area (Å²) in [5.41, 5.74) is 8.36. The molecule has 4 nitrogen and oxygen atoms in total. The van der Waals surface area contributed by atoms with Gasteiger partial charge < -0.3 is 4.57 Å². The Bertz CT molecular complexity index is 2640. The van der Waals surface area contributed by atoms with E-state index in [0.29, 0.717) is 0 Å². The largest absolute Gasteiger partial charge is 0.309 e. The van der Waals surface area contributed by atoms with Gasteiger partial charge in [0.25, 0.3) is 0 Å². The van der Waals surface area contributed by atoms with Crippen LogP contribution < -0.4 is 0 Å². The van der Waals surface area contributed by atoms with E-state index in [1.807, 2.05) is 0 Å². The van der Waals surface area contributed by atoms with E-state index in [9.17, 15) is 0 Å². The van der Waals surface area contributed by atoms with E-state index >= 15 is 0 Å². The third-order valence-electron chi connectivity index (χ3n) is 9.49. The van der Waals surface area contributed by atoms with Crippen molar-refractivity contribution in [3.05, 3.63) is 146 Å². The molecule has 4 heterocycles. The summed E-state index contributed by atoms with van der Waals surface area (Å²) in [7, 11) is 0. The molecule has 0 fully saturated rings. The zero-order valence-corrected chi connectivity index (χ0v) is 24.6. The summed E-state index contributed by atoms with van der Waals surface area (Å²) in [5, 5.41) is 7.59. The highest BCUT2D eigenvalue weighted by Gasteiger charge is 2.23. The lowest BCUT2D eigenvalue weighted by Gasteiger charge is -2.18. The van der Waals surface area contributed by atoms with Crippen molar-refractivity contribution >= 4 is 77.1 Å². The zero-order valence-electron chi connectivity index (χ0n) is 24.6. The van der Waals surface area contributed by atoms with Crippen LogP contribution in [0.2, 0.25) is 0 Å². The van der Waals surface area contributed by atoms with Gasteiger partial charge in [-0.25, -0.2) is 4.99 Å². The number of aliphatic imine (C=N–C) groups is 1. The Morgan fingerprint density at radius 3 is 1.47 bits per heavy atom. The molecule has 4 heteroatoms. The molecular weight excluding hydrogens is 548 g/mol. The van der Waals surface area contributed by atoms with Gasteiger partial charge in [0.2, 0.25) is 0 Å². The van der Waals surface area contributed by atoms with Crippen molar-refractivity contribution in [3.63, 3.8) is 0 Å². The maximum atomic E-state index is 5.46. The first kappa shape index (κ1) is 24.6. The number of rotatable bonds is 2. The molecule has 45 heavy (non-hydrogen) atoms. The molecule has 0 N–H and O–H groups in total. The predicted molar refractivity (Wildman–Crippen MR) is 190 cm³/mol. The van der Waals surface area contributed by atoms with Gasteiger partial charge in [-0.05, 0) is 61.0 Å². The van der Waals surface area contributed by atoms with Crippen molar-refractivity contribution in [2.75, 3.05) is 0 Å². The van der Waals surface area contributed by atoms with Crippen molar-refractivity contribution in [1.82, 2.24) is 13.7 Å². The SMILES string of the molecule is C1=C(n2c3ccccc3c3c4c5ccccc5n(-c5ccccc5)c4ccc32)N=C(n2c3ccccc3c3ccccc32)CC1. The average Bonchev–Trinajstić information content (AvgIpc) is 3.74. The van der Waals surface area contributed by atoms with E-state index in [0.717, 1.165) is 24.5 Å². The standard InChI is InChI=1S/C41H28N4/c1-2-13-27(14-3-1)43-34-21-10-6-17-30(34)40-36(43)25-26-37-41(40)31-18-7-11-22-35(31)45(37)39-24-12-23-38(42-39)44-32-19-8-4-15-28(32)29-16-5-9-20-33(29)44/h1-11,13-22,24-26H,12,23H2. The second-order valence-corrected chi connectivity index (χ2v) is 11.9. The summed E-state index contributed by atoms with van der Waals surface area (Å²) in [4.78, 5) is 5.46. The van der Waals surface area contributed by atoms with Crippen molar-refractivity contribution < 1.29 is 0 Å². The van der Waals surface area contributed by atoms with E-state index in [1.165, 1.54) is 71.1 Å². The molecule has 6 aromatic carbocycles. The molecule has 0 saturated heterocycles. The van der Waals surface area contributed by atoms with E-state index in [-0.39, 0.29) is 0 Å². The maximum Gasteiger partial charge on any atom is 0.135 e. The van der Waals surface area contributed by atoms with Crippen LogP contribution in [0.3, 0.4) is 0 Å². The Balaban J connectivity index is 1.27. The first-order chi connectivity index (χ1) is 22.4. The van der Waals surface area contributed by atoms with Crippen molar-refractivity contribution in [3.8, 4) is 5.69 Å². The van der Waals surface area contributed by atoms with Crippen LogP contribution in [0.25, 0.3) is 76.9 Å². The third kappa shape index (κ3) is 3.39. The molecule has 0 radical (unpaired) electrons. The van der Waals surface area contributed by atoms with Crippen LogP contribution >= 0.6 is 0 Å². The lowest BCUT2D eigenvalue weighted by Crippen LogP contribution is -2.15. The highest BCUT2D eigenvalue weighted by molar-refractivity contribution is 6.29. The zero-order chi connectivity index (χ0) is 29.5. The van der Waals surface area contributed by atoms with E-state index < -0.39 is 0 Å². The van der Waals surface area contributed by atoms with E-state index in [4.69, 9.17) is 4.99 Å². The Morgan fingerprint density at radius 1 is 0.400 bits per heavy atom. The first-order valence-corrected chi connectivity index (χ1v) is 15.6. The Kier molecular flexibility index (Phi) is 5.08. The summed E-state index contributed by atoms with van der Waals surface area (Å²) in [6.07, 6.45) is 4.12. The van der Waals surface area contributed by atoms with Gasteiger partial charge in [-0.2, -0.15) is 0 Å². The molecule has 0 unspecified atom stereocenters. The Labute approximate surface area is 259 Å². The second-order valence-electron chi connectivity index (χ2n) is 11.9. The molecule has 0 amide bonds. The van der Waals surface area contributed by atoms with Gasteiger partial charge in [0.15, 0.2) is 0 Å². The fraction of sp³-hybridized carbons (Fsp3) is 0.0488. The van der Waals surface area contributed by atoms with Gasteiger partial charge in [0, 0.05) is 44.4 Å². The minimum atomic E-state index is 0.887. The summed E-state index contributed by atoms with van der Waals surface area (Å²) in [6.45, 7) is 0. The summed E-state index contributed by atoms with van der Waals surface area (Å²) in [5.74, 6) is 2.06. The molecule has 0 atom stereocenters. The van der Waals surface area contributed by atoms with Crippen molar-refractivity contribution in [2.24, 2.45) is 4.99 Å². The second kappa shape index (κ2) is 9.31. The molecule has 9 aromatic rings. The van der Waals surface area contributed by atoms with Gasteiger partial charge >= 0.3 is 0 Å². The number of nitrogens with zero attached hydrogens (tertiary/aromatic N) is 4. The number of fused-ring (bicyclic) bond motifs is 10. The Morgan fingerprint density at radius 2 is 0.867 bits per heavy atom. The molecule has 0 aliphatic carbocycles. The monoisotopic (exact) mass is 576 g/mol. The molecule has 0 spiro atoms. The molecular formula is C41H28N4. The number of hydrogen-bond donors (Lipinski definition) is 0. The van der Waals surface area contributed by atoms with Crippen LogP contribution in [0.1, 0.15) is 12.8 Å². The molecule has 1 aliphatic rings. The van der Waals surface area contributed by atoms with Gasteiger partial charge in [-0.1, -0.05) is 91.0 Å². The average molecular weight is 577 g/mol. The molecule has 10 rings (SSSR count). The lowest BCUT2D eigenvalue weighted by atomic mass is 10.1. The number of allylic oxidation sites excluding steroid dienone is 1. The maximum absolute atomic E-state index is 5.46. The highest BCUT2D eigenvalue weighted by Crippen LogP contribution is 2.42. The number of para-hydroxylation sites is 5. The topological polar surface area (TPSA) is 27.1 Å². The van der Waals surface area contributed by atoms with E-state index in [2.05, 4.69) is 159 Å². The molecule has 0 saturated carbocycles. The van der Waals surface area contributed by atoms with Gasteiger partial charge in [0.1, 0.15) is 11.7 Å². The van der Waals surface area contributed by atoms with Crippen LogP contribution in [0, 0.1) is 0 Å². The third-order valence-corrected chi connectivity index (χ3v) is 9.49. The van der Waals surface area contributed by atoms with Crippen LogP contribution in [0.15, 0.2) is 151 Å². The van der Waals surface area contributed by atoms with Gasteiger partial charge in [-0.15, -0.1) is 0 Å². The fourth-order valence-corrected chi connectivity index (χ4v) is 7.69. The number of benzene rings is 6. The number of hydrogen-bond acceptors (Lipinski definition) is 1. The van der Waals surface area contributed by atoms with Crippen LogP contribution in [0.4, 0.5) is 0 Å². The fourth-order valence-electron chi connectivity index (χ4n) is 7.69. The summed E-state index contributed by atoms with van der Waals surface area (Å²) < 4.78 is 7.15. The minimum Gasteiger partial charge on any atom is -0.309 e. The first-order valence-electron chi connectivity index (χ1n) is 15.6. The van der Waals surface area contributed by atoms with Gasteiger partial charge in [0.05, 0.1) is 33.1 Å².